The summed E-state index contributed by atoms with van der Waals surface area (Å²) in [7, 11) is -0.192. The fourth-order valence-electron chi connectivity index (χ4n) is 6.57. The highest BCUT2D eigenvalue weighted by molar-refractivity contribution is 7.02. The first kappa shape index (κ1) is 24.6. The molecule has 6 rings (SSSR count). The van der Waals surface area contributed by atoms with Gasteiger partial charge in [-0.05, 0) is 55.0 Å². The van der Waals surface area contributed by atoms with Gasteiger partial charge in [-0.25, -0.2) is 4.57 Å². The molecule has 1 aliphatic rings. The van der Waals surface area contributed by atoms with Crippen LogP contribution in [0.3, 0.4) is 0 Å². The van der Waals surface area contributed by atoms with Gasteiger partial charge in [0, 0.05) is 28.1 Å². The van der Waals surface area contributed by atoms with Crippen molar-refractivity contribution >= 4 is 40.4 Å². The summed E-state index contributed by atoms with van der Waals surface area (Å²) in [4.78, 5) is 0. The number of aryl methyl sites for hydroxylation is 2. The topological polar surface area (TPSA) is 40.8 Å². The molecule has 3 nitrogen and oxygen atoms in total. The van der Waals surface area contributed by atoms with Gasteiger partial charge in [-0.15, -0.1) is 0 Å². The van der Waals surface area contributed by atoms with Crippen molar-refractivity contribution in [1.29, 1.82) is 5.26 Å². The third-order valence-corrected chi connectivity index (χ3v) is 12.3. The number of furan rings is 1. The molecule has 0 atom stereocenters. The summed E-state index contributed by atoms with van der Waals surface area (Å²) in [5, 5.41) is 14.9. The molecule has 5 aromatic rings. The molecule has 1 saturated carbocycles. The van der Waals surface area contributed by atoms with Crippen LogP contribution < -0.4 is 14.9 Å². The molecular weight excluding hydrogens is 480 g/mol. The van der Waals surface area contributed by atoms with E-state index in [4.69, 9.17) is 4.42 Å². The van der Waals surface area contributed by atoms with Crippen molar-refractivity contribution < 1.29 is 8.98 Å². The summed E-state index contributed by atoms with van der Waals surface area (Å²) in [6, 6.07) is 26.6. The van der Waals surface area contributed by atoms with Gasteiger partial charge in [-0.1, -0.05) is 73.9 Å². The van der Waals surface area contributed by atoms with Crippen molar-refractivity contribution in [2.45, 2.75) is 58.0 Å². The average Bonchev–Trinajstić information content (AvgIpc) is 3.32. The molecule has 1 aliphatic carbocycles. The highest BCUT2D eigenvalue weighted by Crippen LogP contribution is 2.37. The van der Waals surface area contributed by atoms with Crippen LogP contribution in [0.25, 0.3) is 33.2 Å². The van der Waals surface area contributed by atoms with E-state index < -0.39 is 8.07 Å². The fraction of sp³-hybridized carbons (Fsp3) is 0.294. The molecule has 2 aromatic heterocycles. The van der Waals surface area contributed by atoms with Crippen LogP contribution in [0, 0.1) is 18.3 Å². The molecule has 38 heavy (non-hydrogen) atoms. The van der Waals surface area contributed by atoms with E-state index in [0.717, 1.165) is 43.9 Å². The molecule has 1 fully saturated rings. The minimum atomic E-state index is -2.26. The van der Waals surface area contributed by atoms with Gasteiger partial charge in [-0.3, -0.25) is 0 Å². The third-order valence-electron chi connectivity index (χ3n) is 8.78. The smallest absolute Gasteiger partial charge is 0.216 e. The molecule has 3 aromatic carbocycles. The normalized spacial score (nSPS) is 14.7. The quantitative estimate of drug-likeness (QED) is 0.189. The van der Waals surface area contributed by atoms with Gasteiger partial charge < -0.3 is 4.42 Å². The van der Waals surface area contributed by atoms with Crippen LogP contribution in [0.5, 0.6) is 0 Å². The van der Waals surface area contributed by atoms with Gasteiger partial charge in [0.1, 0.15) is 26.3 Å². The van der Waals surface area contributed by atoms with Crippen molar-refractivity contribution in [1.82, 2.24) is 0 Å². The van der Waals surface area contributed by atoms with Crippen LogP contribution in [-0.2, 0) is 7.05 Å². The Kier molecular flexibility index (Phi) is 6.20. The van der Waals surface area contributed by atoms with Gasteiger partial charge in [-0.2, -0.15) is 5.26 Å². The van der Waals surface area contributed by atoms with Crippen molar-refractivity contribution in [3.8, 4) is 17.3 Å². The van der Waals surface area contributed by atoms with Crippen molar-refractivity contribution in [3.63, 3.8) is 0 Å². The highest BCUT2D eigenvalue weighted by atomic mass is 28.3. The van der Waals surface area contributed by atoms with Gasteiger partial charge >= 0.3 is 0 Å². The molecule has 190 valence electrons. The lowest BCUT2D eigenvalue weighted by Gasteiger charge is -2.26. The lowest BCUT2D eigenvalue weighted by molar-refractivity contribution is -0.660. The summed E-state index contributed by atoms with van der Waals surface area (Å²) in [6.45, 7) is 6.85. The van der Waals surface area contributed by atoms with E-state index in [2.05, 4.69) is 98.5 Å². The van der Waals surface area contributed by atoms with E-state index >= 15 is 0 Å². The molecule has 0 aliphatic heterocycles. The average molecular weight is 516 g/mol. The Labute approximate surface area is 226 Å². The summed E-state index contributed by atoms with van der Waals surface area (Å²) in [5.41, 5.74) is 7.38. The van der Waals surface area contributed by atoms with Gasteiger partial charge in [0.25, 0.3) is 0 Å². The van der Waals surface area contributed by atoms with Crippen LogP contribution in [0.1, 0.15) is 54.7 Å². The molecule has 0 amide bonds. The van der Waals surface area contributed by atoms with Crippen molar-refractivity contribution in [2.24, 2.45) is 7.05 Å². The fourth-order valence-corrected chi connectivity index (χ4v) is 9.42. The highest BCUT2D eigenvalue weighted by Gasteiger charge is 2.34. The van der Waals surface area contributed by atoms with Crippen molar-refractivity contribution in [3.05, 3.63) is 89.6 Å². The predicted molar refractivity (Wildman–Crippen MR) is 159 cm³/mol. The van der Waals surface area contributed by atoms with E-state index in [9.17, 15) is 5.26 Å². The summed E-state index contributed by atoms with van der Waals surface area (Å²) >= 11 is 0. The van der Waals surface area contributed by atoms with Gasteiger partial charge in [0.05, 0.1) is 17.2 Å². The summed E-state index contributed by atoms with van der Waals surface area (Å²) < 4.78 is 8.99. The van der Waals surface area contributed by atoms with Crippen LogP contribution >= 0.6 is 0 Å². The molecule has 4 heteroatoms. The van der Waals surface area contributed by atoms with Crippen LogP contribution in [0.2, 0.25) is 13.1 Å². The first-order valence-electron chi connectivity index (χ1n) is 13.8. The number of rotatable bonds is 4. The summed E-state index contributed by atoms with van der Waals surface area (Å²) in [6.07, 6.45) is 8.73. The maximum Gasteiger partial charge on any atom is 0.216 e. The largest absolute Gasteiger partial charge is 0.455 e. The minimum absolute atomic E-state index is 0.692. The second-order valence-electron chi connectivity index (χ2n) is 11.5. The Balaban J connectivity index is 1.55. The maximum absolute atomic E-state index is 10.2. The van der Waals surface area contributed by atoms with Gasteiger partial charge in [0.15, 0.2) is 6.20 Å². The number of benzene rings is 3. The van der Waals surface area contributed by atoms with Crippen molar-refractivity contribution in [2.75, 3.05) is 0 Å². The zero-order chi connectivity index (χ0) is 26.4. The molecular formula is C34H35N2OSi+. The third kappa shape index (κ3) is 3.97. The minimum Gasteiger partial charge on any atom is -0.455 e. The Morgan fingerprint density at radius 2 is 1.58 bits per heavy atom. The molecule has 0 radical (unpaired) electrons. The number of hydrogen-bond acceptors (Lipinski definition) is 2. The first-order valence-corrected chi connectivity index (χ1v) is 16.8. The molecule has 2 heterocycles. The number of aromatic nitrogens is 1. The summed E-state index contributed by atoms with van der Waals surface area (Å²) in [5.74, 6) is 0.692. The molecule has 0 N–H and O–H groups in total. The molecule has 0 spiro atoms. The second-order valence-corrected chi connectivity index (χ2v) is 15.8. The first-order chi connectivity index (χ1) is 18.4. The Morgan fingerprint density at radius 3 is 2.29 bits per heavy atom. The number of hydrogen-bond donors (Lipinski definition) is 0. The number of fused-ring (bicyclic) bond motifs is 3. The van der Waals surface area contributed by atoms with E-state index in [1.165, 1.54) is 48.4 Å². The van der Waals surface area contributed by atoms with E-state index in [1.54, 1.807) is 0 Å². The molecule has 0 unspecified atom stereocenters. The zero-order valence-electron chi connectivity index (χ0n) is 22.8. The maximum atomic E-state index is 10.2. The lowest BCUT2D eigenvalue weighted by Crippen LogP contribution is -2.54. The van der Waals surface area contributed by atoms with Gasteiger partial charge in [0.2, 0.25) is 5.69 Å². The van der Waals surface area contributed by atoms with E-state index in [0.29, 0.717) is 5.92 Å². The van der Waals surface area contributed by atoms with E-state index in [-0.39, 0.29) is 0 Å². The predicted octanol–water partition coefficient (Wildman–Crippen LogP) is 7.13. The SMILES string of the molecule is Cc1ccc2c(oc3c([Si](C)(C)c4ccc(C5CCCCC5)cc4)c(C#N)ccc32)c1-c1cccc[n+]1C. The van der Waals surface area contributed by atoms with Crippen LogP contribution in [0.4, 0.5) is 0 Å². The monoisotopic (exact) mass is 515 g/mol. The Hall–Kier alpha value is -3.68. The number of nitrogens with zero attached hydrogens (tertiary/aromatic N) is 2. The molecule has 0 saturated heterocycles. The Bertz CT molecular complexity index is 1700. The number of pyridine rings is 1. The second kappa shape index (κ2) is 9.56. The Morgan fingerprint density at radius 1 is 0.868 bits per heavy atom. The van der Waals surface area contributed by atoms with E-state index in [1.807, 2.05) is 12.1 Å². The van der Waals surface area contributed by atoms with Crippen LogP contribution in [0.15, 0.2) is 77.3 Å². The number of nitriles is 1. The van der Waals surface area contributed by atoms with Crippen LogP contribution in [-0.4, -0.2) is 8.07 Å². The standard InChI is InChI=1S/C34H35N2OSi/c1-23-13-19-28-29-20-16-26(22-35)34(33(29)37-32(28)31(23)30-12-8-9-21-36(30)2)38(3,4)27-17-14-25(15-18-27)24-10-6-5-7-11-24/h8-9,12-21,24H,5-7,10-11H2,1-4H3/q+1. The zero-order valence-corrected chi connectivity index (χ0v) is 23.8. The lowest BCUT2D eigenvalue weighted by atomic mass is 9.84. The molecule has 0 bridgehead atoms.